The van der Waals surface area contributed by atoms with Crippen LogP contribution in [0.25, 0.3) is 0 Å². The van der Waals surface area contributed by atoms with Gasteiger partial charge in [-0.2, -0.15) is 0 Å². The number of nitrogens with one attached hydrogen (secondary N) is 1. The van der Waals surface area contributed by atoms with E-state index in [0.29, 0.717) is 5.69 Å². The second kappa shape index (κ2) is 6.05. The average Bonchev–Trinajstić information content (AvgIpc) is 2.28. The zero-order valence-corrected chi connectivity index (χ0v) is 10.5. The summed E-state index contributed by atoms with van der Waals surface area (Å²) in [7, 11) is 0. The van der Waals surface area contributed by atoms with Crippen molar-refractivity contribution in [2.24, 2.45) is 5.92 Å². The lowest BCUT2D eigenvalue weighted by atomic mass is 10.0. The highest BCUT2D eigenvalue weighted by Crippen LogP contribution is 2.07. The fourth-order valence-electron chi connectivity index (χ4n) is 1.56. The third kappa shape index (κ3) is 4.08. The van der Waals surface area contributed by atoms with Gasteiger partial charge in [0.2, 0.25) is 5.91 Å². The van der Waals surface area contributed by atoms with Crippen molar-refractivity contribution in [1.29, 1.82) is 0 Å². The Morgan fingerprint density at radius 2 is 1.83 bits per heavy atom. The third-order valence-electron chi connectivity index (χ3n) is 2.59. The lowest BCUT2D eigenvalue weighted by Gasteiger charge is -2.17. The predicted octanol–water partition coefficient (Wildman–Crippen LogP) is 1.04. The van der Waals surface area contributed by atoms with Gasteiger partial charge in [-0.1, -0.05) is 26.0 Å². The van der Waals surface area contributed by atoms with Crippen LogP contribution in [-0.2, 0) is 16.0 Å². The van der Waals surface area contributed by atoms with Crippen LogP contribution in [0.5, 0.6) is 0 Å². The summed E-state index contributed by atoms with van der Waals surface area (Å²) < 4.78 is 0. The van der Waals surface area contributed by atoms with Gasteiger partial charge in [-0.25, -0.2) is 4.79 Å². The molecule has 5 nitrogen and oxygen atoms in total. The summed E-state index contributed by atoms with van der Waals surface area (Å²) in [5, 5.41) is 11.5. The van der Waals surface area contributed by atoms with Gasteiger partial charge in [-0.15, -0.1) is 0 Å². The number of anilines is 1. The summed E-state index contributed by atoms with van der Waals surface area (Å²) in [4.78, 5) is 22.7. The Bertz CT molecular complexity index is 426. The molecule has 0 aromatic heterocycles. The van der Waals surface area contributed by atoms with Crippen LogP contribution in [0.3, 0.4) is 0 Å². The Kier molecular flexibility index (Phi) is 4.71. The van der Waals surface area contributed by atoms with Crippen LogP contribution in [-0.4, -0.2) is 23.0 Å². The molecule has 0 heterocycles. The van der Waals surface area contributed by atoms with Gasteiger partial charge in [-0.05, 0) is 23.6 Å². The number of benzene rings is 1. The van der Waals surface area contributed by atoms with Crippen molar-refractivity contribution in [1.82, 2.24) is 5.32 Å². The molecule has 1 rings (SSSR count). The third-order valence-corrected chi connectivity index (χ3v) is 2.59. The number of rotatable bonds is 5. The lowest BCUT2D eigenvalue weighted by Crippen LogP contribution is -2.44. The summed E-state index contributed by atoms with van der Waals surface area (Å²) in [5.74, 6) is -1.48. The van der Waals surface area contributed by atoms with Gasteiger partial charge >= 0.3 is 5.97 Å². The summed E-state index contributed by atoms with van der Waals surface area (Å²) in [6, 6.07) is 6.06. The minimum Gasteiger partial charge on any atom is -0.480 e. The maximum absolute atomic E-state index is 11.7. The van der Waals surface area contributed by atoms with E-state index in [1.165, 1.54) is 0 Å². The van der Waals surface area contributed by atoms with Crippen molar-refractivity contribution in [2.45, 2.75) is 26.3 Å². The molecule has 0 radical (unpaired) electrons. The molecule has 18 heavy (non-hydrogen) atoms. The van der Waals surface area contributed by atoms with E-state index in [-0.39, 0.29) is 18.2 Å². The van der Waals surface area contributed by atoms with Crippen LogP contribution < -0.4 is 11.1 Å². The normalized spacial score (nSPS) is 12.2. The smallest absolute Gasteiger partial charge is 0.326 e. The second-order valence-corrected chi connectivity index (χ2v) is 4.55. The molecular weight excluding hydrogens is 232 g/mol. The first-order chi connectivity index (χ1) is 8.40. The standard InChI is InChI=1S/C13H18N2O3/c1-8(2)12(13(17)18)15-11(16)7-9-3-5-10(14)6-4-9/h3-6,8,12H,7,14H2,1-2H3,(H,15,16)(H,17,18)/t12-/m1/s1. The van der Waals surface area contributed by atoms with Crippen LogP contribution >= 0.6 is 0 Å². The predicted molar refractivity (Wildman–Crippen MR) is 69.0 cm³/mol. The van der Waals surface area contributed by atoms with Gasteiger partial charge in [0.15, 0.2) is 0 Å². The zero-order valence-electron chi connectivity index (χ0n) is 10.5. The number of aliphatic carboxylic acids is 1. The number of nitrogens with two attached hydrogens (primary N) is 1. The number of hydrogen-bond donors (Lipinski definition) is 3. The number of amides is 1. The molecule has 1 amide bonds. The van der Waals surface area contributed by atoms with E-state index in [1.54, 1.807) is 38.1 Å². The van der Waals surface area contributed by atoms with Crippen molar-refractivity contribution in [3.05, 3.63) is 29.8 Å². The van der Waals surface area contributed by atoms with Crippen molar-refractivity contribution in [3.63, 3.8) is 0 Å². The van der Waals surface area contributed by atoms with E-state index in [9.17, 15) is 9.59 Å². The van der Waals surface area contributed by atoms with Crippen molar-refractivity contribution < 1.29 is 14.7 Å². The Balaban J connectivity index is 2.60. The Labute approximate surface area is 106 Å². The fourth-order valence-corrected chi connectivity index (χ4v) is 1.56. The molecule has 0 saturated carbocycles. The summed E-state index contributed by atoms with van der Waals surface area (Å²) in [6.07, 6.45) is 0.150. The van der Waals surface area contributed by atoms with E-state index in [1.807, 2.05) is 0 Å². The first kappa shape index (κ1) is 14.0. The van der Waals surface area contributed by atoms with Crippen LogP contribution in [0.4, 0.5) is 5.69 Å². The topological polar surface area (TPSA) is 92.4 Å². The second-order valence-electron chi connectivity index (χ2n) is 4.55. The molecule has 0 aliphatic rings. The maximum Gasteiger partial charge on any atom is 0.326 e. The monoisotopic (exact) mass is 250 g/mol. The minimum absolute atomic E-state index is 0.150. The number of carboxylic acids is 1. The zero-order chi connectivity index (χ0) is 13.7. The fraction of sp³-hybridized carbons (Fsp3) is 0.385. The number of carbonyl (C=O) groups excluding carboxylic acids is 1. The molecule has 1 atom stereocenters. The van der Waals surface area contributed by atoms with Gasteiger partial charge in [0.05, 0.1) is 6.42 Å². The number of carbonyl (C=O) groups is 2. The van der Waals surface area contributed by atoms with E-state index >= 15 is 0 Å². The molecule has 0 spiro atoms. The highest BCUT2D eigenvalue weighted by Gasteiger charge is 2.23. The van der Waals surface area contributed by atoms with Gasteiger partial charge < -0.3 is 16.2 Å². The first-order valence-electron chi connectivity index (χ1n) is 5.76. The lowest BCUT2D eigenvalue weighted by molar-refractivity contribution is -0.143. The minimum atomic E-state index is -1.02. The summed E-state index contributed by atoms with van der Waals surface area (Å²) in [6.45, 7) is 3.50. The molecule has 0 fully saturated rings. The molecule has 1 aromatic rings. The van der Waals surface area contributed by atoms with Gasteiger partial charge in [0, 0.05) is 5.69 Å². The van der Waals surface area contributed by atoms with Crippen molar-refractivity contribution in [3.8, 4) is 0 Å². The van der Waals surface area contributed by atoms with Crippen LogP contribution in [0.2, 0.25) is 0 Å². The number of hydrogen-bond acceptors (Lipinski definition) is 3. The molecule has 5 heteroatoms. The van der Waals surface area contributed by atoms with E-state index in [4.69, 9.17) is 10.8 Å². The largest absolute Gasteiger partial charge is 0.480 e. The molecular formula is C13H18N2O3. The van der Waals surface area contributed by atoms with Gasteiger partial charge in [-0.3, -0.25) is 4.79 Å². The van der Waals surface area contributed by atoms with Gasteiger partial charge in [0.25, 0.3) is 0 Å². The first-order valence-corrected chi connectivity index (χ1v) is 5.76. The SMILES string of the molecule is CC(C)[C@@H](NC(=O)Cc1ccc(N)cc1)C(=O)O. The average molecular weight is 250 g/mol. The molecule has 4 N–H and O–H groups in total. The van der Waals surface area contributed by atoms with E-state index in [0.717, 1.165) is 5.56 Å². The molecule has 0 aliphatic heterocycles. The highest BCUT2D eigenvalue weighted by molar-refractivity contribution is 5.85. The number of nitrogen functional groups attached to an aromatic ring is 1. The Morgan fingerprint density at radius 3 is 2.28 bits per heavy atom. The molecule has 0 bridgehead atoms. The Morgan fingerprint density at radius 1 is 1.28 bits per heavy atom. The molecule has 1 aromatic carbocycles. The summed E-state index contributed by atoms with van der Waals surface area (Å²) >= 11 is 0. The number of carboxylic acid groups (broad SMARTS) is 1. The summed E-state index contributed by atoms with van der Waals surface area (Å²) in [5.41, 5.74) is 6.97. The van der Waals surface area contributed by atoms with Crippen LogP contribution in [0.15, 0.2) is 24.3 Å². The Hall–Kier alpha value is -2.04. The van der Waals surface area contributed by atoms with Gasteiger partial charge in [0.1, 0.15) is 6.04 Å². The molecule has 0 aliphatic carbocycles. The quantitative estimate of drug-likeness (QED) is 0.681. The van der Waals surface area contributed by atoms with E-state index in [2.05, 4.69) is 5.32 Å². The van der Waals surface area contributed by atoms with Crippen LogP contribution in [0, 0.1) is 5.92 Å². The molecule has 98 valence electrons. The molecule has 0 saturated heterocycles. The van der Waals surface area contributed by atoms with E-state index < -0.39 is 12.0 Å². The van der Waals surface area contributed by atoms with Crippen LogP contribution in [0.1, 0.15) is 19.4 Å². The highest BCUT2D eigenvalue weighted by atomic mass is 16.4. The molecule has 0 unspecified atom stereocenters. The maximum atomic E-state index is 11.7. The van der Waals surface area contributed by atoms with Crippen molar-refractivity contribution >= 4 is 17.6 Å². The van der Waals surface area contributed by atoms with Crippen molar-refractivity contribution in [2.75, 3.05) is 5.73 Å².